The van der Waals surface area contributed by atoms with E-state index in [1.807, 2.05) is 0 Å². The van der Waals surface area contributed by atoms with Crippen LogP contribution in [0.5, 0.6) is 0 Å². The van der Waals surface area contributed by atoms with Crippen LogP contribution < -0.4 is 5.32 Å². The minimum Gasteiger partial charge on any atom is -0.373 e. The van der Waals surface area contributed by atoms with Crippen molar-refractivity contribution in [2.75, 3.05) is 32.7 Å². The van der Waals surface area contributed by atoms with Crippen LogP contribution >= 0.6 is 0 Å². The molecule has 0 amide bonds. The fourth-order valence-electron chi connectivity index (χ4n) is 2.58. The van der Waals surface area contributed by atoms with Gasteiger partial charge < -0.3 is 10.1 Å². The molecule has 0 bridgehead atoms. The van der Waals surface area contributed by atoms with Gasteiger partial charge in [0, 0.05) is 13.1 Å². The van der Waals surface area contributed by atoms with Gasteiger partial charge in [-0.3, -0.25) is 4.90 Å². The molecule has 0 spiro atoms. The number of unbranched alkanes of at least 4 members (excludes halogenated alkanes) is 3. The van der Waals surface area contributed by atoms with Gasteiger partial charge in [-0.2, -0.15) is 0 Å². The molecule has 0 aliphatic carbocycles. The molecule has 102 valence electrons. The summed E-state index contributed by atoms with van der Waals surface area (Å²) >= 11 is 0. The molecule has 0 radical (unpaired) electrons. The fraction of sp³-hybridized carbons (Fsp3) is 1.00. The minimum absolute atomic E-state index is 0.410. The maximum absolute atomic E-state index is 5.74. The minimum atomic E-state index is 0.410. The van der Waals surface area contributed by atoms with E-state index >= 15 is 0 Å². The Morgan fingerprint density at radius 2 is 1.71 bits per heavy atom. The molecule has 0 saturated carbocycles. The number of hydrogen-bond acceptors (Lipinski definition) is 3. The van der Waals surface area contributed by atoms with Crippen molar-refractivity contribution in [3.05, 3.63) is 0 Å². The highest BCUT2D eigenvalue weighted by Gasteiger charge is 2.21. The van der Waals surface area contributed by atoms with Crippen molar-refractivity contribution < 1.29 is 4.74 Å². The van der Waals surface area contributed by atoms with Crippen LogP contribution in [0.3, 0.4) is 0 Å². The third kappa shape index (κ3) is 7.02. The SMILES string of the molecule is CCNCCCCCCN1C[C@@H](C)O[C@@H](C)C1. The summed E-state index contributed by atoms with van der Waals surface area (Å²) in [5.41, 5.74) is 0. The molecule has 0 aromatic heterocycles. The second-order valence-electron chi connectivity index (χ2n) is 5.28. The van der Waals surface area contributed by atoms with Crippen LogP contribution in [0.2, 0.25) is 0 Å². The molecule has 3 nitrogen and oxygen atoms in total. The summed E-state index contributed by atoms with van der Waals surface area (Å²) in [7, 11) is 0. The van der Waals surface area contributed by atoms with Crippen LogP contribution in [0.1, 0.15) is 46.5 Å². The molecule has 1 aliphatic heterocycles. The first-order chi connectivity index (χ1) is 8.22. The van der Waals surface area contributed by atoms with Crippen LogP contribution in [0.15, 0.2) is 0 Å². The first-order valence-corrected chi connectivity index (χ1v) is 7.31. The predicted octanol–water partition coefficient (Wildman–Crippen LogP) is 2.27. The summed E-state index contributed by atoms with van der Waals surface area (Å²) in [4.78, 5) is 2.56. The summed E-state index contributed by atoms with van der Waals surface area (Å²) < 4.78 is 5.74. The standard InChI is InChI=1S/C14H30N2O/c1-4-15-9-7-5-6-8-10-16-11-13(2)17-14(3)12-16/h13-15H,4-12H2,1-3H3/t13-,14+. The van der Waals surface area contributed by atoms with Gasteiger partial charge in [0.2, 0.25) is 0 Å². The van der Waals surface area contributed by atoms with Crippen LogP contribution in [0.25, 0.3) is 0 Å². The van der Waals surface area contributed by atoms with Crippen molar-refractivity contribution in [1.29, 1.82) is 0 Å². The molecule has 1 N–H and O–H groups in total. The molecular weight excluding hydrogens is 212 g/mol. The lowest BCUT2D eigenvalue weighted by Crippen LogP contribution is -2.45. The fourth-order valence-corrected chi connectivity index (χ4v) is 2.58. The average molecular weight is 242 g/mol. The van der Waals surface area contributed by atoms with Crippen molar-refractivity contribution in [3.63, 3.8) is 0 Å². The Kier molecular flexibility index (Phi) is 7.82. The van der Waals surface area contributed by atoms with E-state index in [0.717, 1.165) is 19.6 Å². The van der Waals surface area contributed by atoms with E-state index in [-0.39, 0.29) is 0 Å². The second kappa shape index (κ2) is 8.90. The highest BCUT2D eigenvalue weighted by molar-refractivity contribution is 4.72. The van der Waals surface area contributed by atoms with Gasteiger partial charge in [-0.25, -0.2) is 0 Å². The summed E-state index contributed by atoms with van der Waals surface area (Å²) in [6, 6.07) is 0. The Bertz CT molecular complexity index is 177. The molecule has 3 heteroatoms. The molecule has 1 saturated heterocycles. The smallest absolute Gasteiger partial charge is 0.0678 e. The van der Waals surface area contributed by atoms with Gasteiger partial charge in [-0.1, -0.05) is 19.8 Å². The summed E-state index contributed by atoms with van der Waals surface area (Å²) in [5.74, 6) is 0. The number of hydrogen-bond donors (Lipinski definition) is 1. The van der Waals surface area contributed by atoms with Crippen molar-refractivity contribution in [2.24, 2.45) is 0 Å². The number of nitrogens with zero attached hydrogens (tertiary/aromatic N) is 1. The molecule has 1 aliphatic rings. The molecule has 0 unspecified atom stereocenters. The van der Waals surface area contributed by atoms with Gasteiger partial charge in [0.1, 0.15) is 0 Å². The Morgan fingerprint density at radius 1 is 1.06 bits per heavy atom. The zero-order valence-electron chi connectivity index (χ0n) is 11.9. The normalized spacial score (nSPS) is 26.3. The average Bonchev–Trinajstić information content (AvgIpc) is 2.26. The molecule has 1 rings (SSSR count). The Morgan fingerprint density at radius 3 is 2.35 bits per heavy atom. The highest BCUT2D eigenvalue weighted by Crippen LogP contribution is 2.11. The van der Waals surface area contributed by atoms with Crippen molar-refractivity contribution in [1.82, 2.24) is 10.2 Å². The molecule has 1 heterocycles. The molecule has 2 atom stereocenters. The second-order valence-corrected chi connectivity index (χ2v) is 5.28. The zero-order chi connectivity index (χ0) is 12.5. The van der Waals surface area contributed by atoms with E-state index in [1.165, 1.54) is 38.8 Å². The van der Waals surface area contributed by atoms with E-state index < -0.39 is 0 Å². The number of ether oxygens (including phenoxy) is 1. The van der Waals surface area contributed by atoms with Crippen LogP contribution in [0.4, 0.5) is 0 Å². The van der Waals surface area contributed by atoms with Crippen LogP contribution in [-0.4, -0.2) is 49.8 Å². The quantitative estimate of drug-likeness (QED) is 0.661. The molecule has 17 heavy (non-hydrogen) atoms. The lowest BCUT2D eigenvalue weighted by molar-refractivity contribution is -0.0681. The third-order valence-electron chi connectivity index (χ3n) is 3.32. The van der Waals surface area contributed by atoms with Gasteiger partial charge in [-0.05, 0) is 46.3 Å². The number of rotatable bonds is 8. The van der Waals surface area contributed by atoms with E-state index in [9.17, 15) is 0 Å². The molecular formula is C14H30N2O. The predicted molar refractivity (Wildman–Crippen MR) is 73.5 cm³/mol. The Labute approximate surface area is 107 Å². The van der Waals surface area contributed by atoms with Crippen molar-refractivity contribution in [2.45, 2.75) is 58.7 Å². The van der Waals surface area contributed by atoms with Gasteiger partial charge >= 0.3 is 0 Å². The number of nitrogens with one attached hydrogen (secondary N) is 1. The summed E-state index contributed by atoms with van der Waals surface area (Å²) in [6.45, 7) is 12.3. The highest BCUT2D eigenvalue weighted by atomic mass is 16.5. The molecule has 0 aromatic carbocycles. The third-order valence-corrected chi connectivity index (χ3v) is 3.32. The van der Waals surface area contributed by atoms with Crippen molar-refractivity contribution in [3.8, 4) is 0 Å². The lowest BCUT2D eigenvalue weighted by atomic mass is 10.1. The van der Waals surface area contributed by atoms with Gasteiger partial charge in [0.25, 0.3) is 0 Å². The van der Waals surface area contributed by atoms with Gasteiger partial charge in [0.05, 0.1) is 12.2 Å². The Hall–Kier alpha value is -0.120. The number of morpholine rings is 1. The zero-order valence-corrected chi connectivity index (χ0v) is 11.9. The lowest BCUT2D eigenvalue weighted by Gasteiger charge is -2.35. The van der Waals surface area contributed by atoms with E-state index in [2.05, 4.69) is 31.0 Å². The largest absolute Gasteiger partial charge is 0.373 e. The Balaban J connectivity index is 1.95. The first-order valence-electron chi connectivity index (χ1n) is 7.31. The van der Waals surface area contributed by atoms with Gasteiger partial charge in [0.15, 0.2) is 0 Å². The van der Waals surface area contributed by atoms with E-state index in [4.69, 9.17) is 4.74 Å². The van der Waals surface area contributed by atoms with Crippen LogP contribution in [0, 0.1) is 0 Å². The van der Waals surface area contributed by atoms with E-state index in [1.54, 1.807) is 0 Å². The maximum Gasteiger partial charge on any atom is 0.0678 e. The summed E-state index contributed by atoms with van der Waals surface area (Å²) in [5, 5.41) is 3.37. The van der Waals surface area contributed by atoms with Gasteiger partial charge in [-0.15, -0.1) is 0 Å². The van der Waals surface area contributed by atoms with Crippen molar-refractivity contribution >= 4 is 0 Å². The van der Waals surface area contributed by atoms with Crippen LogP contribution in [-0.2, 0) is 4.74 Å². The molecule has 0 aromatic rings. The molecule has 1 fully saturated rings. The monoisotopic (exact) mass is 242 g/mol. The topological polar surface area (TPSA) is 24.5 Å². The first kappa shape index (κ1) is 14.9. The summed E-state index contributed by atoms with van der Waals surface area (Å²) in [6.07, 6.45) is 6.21. The van der Waals surface area contributed by atoms with E-state index in [0.29, 0.717) is 12.2 Å². The maximum atomic E-state index is 5.74.